The second kappa shape index (κ2) is 4.82. The maximum Gasteiger partial charge on any atom is 0.294 e. The smallest absolute Gasteiger partial charge is 0.294 e. The van der Waals surface area contributed by atoms with Crippen LogP contribution in [0, 0.1) is 0 Å². The van der Waals surface area contributed by atoms with Gasteiger partial charge >= 0.3 is 0 Å². The highest BCUT2D eigenvalue weighted by Gasteiger charge is 2.17. The Kier molecular flexibility index (Phi) is 4.85. The molecule has 5 heteroatoms. The lowest BCUT2D eigenvalue weighted by Crippen LogP contribution is -2.39. The zero-order valence-corrected chi connectivity index (χ0v) is 6.24. The van der Waals surface area contributed by atoms with Crippen molar-refractivity contribution >= 4 is 12.4 Å². The summed E-state index contributed by atoms with van der Waals surface area (Å²) in [4.78, 5) is 1.10. The SMILES string of the molecule is Cl.FC(F)N1CCOCC1. The maximum absolute atomic E-state index is 11.8. The van der Waals surface area contributed by atoms with Crippen LogP contribution in [0.15, 0.2) is 0 Å². The predicted octanol–water partition coefficient (Wildman–Crippen LogP) is 0.963. The number of hydrogen-bond acceptors (Lipinski definition) is 2. The van der Waals surface area contributed by atoms with Crippen LogP contribution >= 0.6 is 12.4 Å². The highest BCUT2D eigenvalue weighted by molar-refractivity contribution is 5.85. The maximum atomic E-state index is 11.8. The zero-order valence-electron chi connectivity index (χ0n) is 5.43. The van der Waals surface area contributed by atoms with Gasteiger partial charge in [0, 0.05) is 13.1 Å². The molecule has 10 heavy (non-hydrogen) atoms. The minimum Gasteiger partial charge on any atom is -0.379 e. The van der Waals surface area contributed by atoms with Crippen molar-refractivity contribution in [3.05, 3.63) is 0 Å². The number of nitrogens with zero attached hydrogens (tertiary/aromatic N) is 1. The quantitative estimate of drug-likeness (QED) is 0.548. The monoisotopic (exact) mass is 173 g/mol. The molecule has 0 bridgehead atoms. The first-order chi connectivity index (χ1) is 4.30. The molecule has 1 heterocycles. The summed E-state index contributed by atoms with van der Waals surface area (Å²) in [5, 5.41) is 0. The Morgan fingerprint density at radius 2 is 1.70 bits per heavy atom. The third-order valence-corrected chi connectivity index (χ3v) is 1.32. The third kappa shape index (κ3) is 2.77. The lowest BCUT2D eigenvalue weighted by atomic mass is 10.5. The van der Waals surface area contributed by atoms with Crippen molar-refractivity contribution in [1.29, 1.82) is 0 Å². The standard InChI is InChI=1S/C5H9F2NO.ClH/c6-5(7)8-1-3-9-4-2-8;/h5H,1-4H2;1H. The van der Waals surface area contributed by atoms with Crippen LogP contribution in [0.3, 0.4) is 0 Å². The summed E-state index contributed by atoms with van der Waals surface area (Å²) < 4.78 is 28.5. The van der Waals surface area contributed by atoms with Gasteiger partial charge < -0.3 is 4.74 Å². The summed E-state index contributed by atoms with van der Waals surface area (Å²) in [6.45, 7) is -0.724. The van der Waals surface area contributed by atoms with Crippen LogP contribution < -0.4 is 0 Å². The van der Waals surface area contributed by atoms with E-state index in [2.05, 4.69) is 0 Å². The van der Waals surface area contributed by atoms with E-state index in [1.807, 2.05) is 0 Å². The molecule has 2 nitrogen and oxygen atoms in total. The molecule has 0 amide bonds. The molecule has 0 unspecified atom stereocenters. The molecule has 0 saturated carbocycles. The molecule has 0 N–H and O–H groups in total. The van der Waals surface area contributed by atoms with Crippen LogP contribution in [-0.2, 0) is 4.74 Å². The Morgan fingerprint density at radius 3 is 2.00 bits per heavy atom. The molecule has 1 rings (SSSR count). The Labute approximate surface area is 64.6 Å². The summed E-state index contributed by atoms with van der Waals surface area (Å²) in [6.07, 6.45) is 0. The van der Waals surface area contributed by atoms with E-state index in [1.54, 1.807) is 0 Å². The summed E-state index contributed by atoms with van der Waals surface area (Å²) in [7, 11) is 0. The van der Waals surface area contributed by atoms with Crippen LogP contribution in [0.5, 0.6) is 0 Å². The second-order valence-electron chi connectivity index (χ2n) is 1.93. The van der Waals surface area contributed by atoms with Gasteiger partial charge in [-0.25, -0.2) is 4.90 Å². The molecule has 0 aromatic heterocycles. The average Bonchev–Trinajstić information content (AvgIpc) is 1.90. The van der Waals surface area contributed by atoms with Crippen molar-refractivity contribution in [2.45, 2.75) is 6.55 Å². The Morgan fingerprint density at radius 1 is 1.20 bits per heavy atom. The molecule has 0 spiro atoms. The molecule has 0 aromatic rings. The fourth-order valence-electron chi connectivity index (χ4n) is 0.773. The van der Waals surface area contributed by atoms with Gasteiger partial charge in [-0.15, -0.1) is 12.4 Å². The van der Waals surface area contributed by atoms with Crippen molar-refractivity contribution < 1.29 is 13.5 Å². The van der Waals surface area contributed by atoms with Crippen LogP contribution in [0.25, 0.3) is 0 Å². The molecule has 0 atom stereocenters. The molecular formula is C5H10ClF2NO. The molecule has 1 aliphatic rings. The van der Waals surface area contributed by atoms with Gasteiger partial charge in [-0.05, 0) is 0 Å². The lowest BCUT2D eigenvalue weighted by molar-refractivity contribution is -0.0790. The van der Waals surface area contributed by atoms with Gasteiger partial charge in [0.25, 0.3) is 6.55 Å². The molecule has 0 aromatic carbocycles. The topological polar surface area (TPSA) is 12.5 Å². The van der Waals surface area contributed by atoms with E-state index in [9.17, 15) is 8.78 Å². The number of alkyl halides is 2. The van der Waals surface area contributed by atoms with E-state index in [4.69, 9.17) is 4.74 Å². The Hall–Kier alpha value is 0.0700. The molecule has 1 fully saturated rings. The number of morpholine rings is 1. The van der Waals surface area contributed by atoms with E-state index in [0.29, 0.717) is 26.3 Å². The fourth-order valence-corrected chi connectivity index (χ4v) is 0.773. The number of hydrogen-bond donors (Lipinski definition) is 0. The van der Waals surface area contributed by atoms with Gasteiger partial charge in [-0.1, -0.05) is 0 Å². The molecular weight excluding hydrogens is 164 g/mol. The summed E-state index contributed by atoms with van der Waals surface area (Å²) in [6, 6.07) is 0. The van der Waals surface area contributed by atoms with E-state index in [0.717, 1.165) is 4.90 Å². The molecule has 1 aliphatic heterocycles. The average molecular weight is 174 g/mol. The zero-order chi connectivity index (χ0) is 6.69. The Balaban J connectivity index is 0.000000810. The van der Waals surface area contributed by atoms with E-state index in [-0.39, 0.29) is 12.4 Å². The molecule has 0 radical (unpaired) electrons. The van der Waals surface area contributed by atoms with E-state index >= 15 is 0 Å². The third-order valence-electron chi connectivity index (χ3n) is 1.32. The van der Waals surface area contributed by atoms with Crippen LogP contribution in [0.1, 0.15) is 0 Å². The summed E-state index contributed by atoms with van der Waals surface area (Å²) in [5.41, 5.74) is 0. The number of ether oxygens (including phenoxy) is 1. The summed E-state index contributed by atoms with van der Waals surface area (Å²) >= 11 is 0. The largest absolute Gasteiger partial charge is 0.379 e. The van der Waals surface area contributed by atoms with Gasteiger partial charge in [0.05, 0.1) is 13.2 Å². The van der Waals surface area contributed by atoms with Gasteiger partial charge in [0.1, 0.15) is 0 Å². The normalized spacial score (nSPS) is 20.7. The second-order valence-corrected chi connectivity index (χ2v) is 1.93. The molecule has 0 aliphatic carbocycles. The van der Waals surface area contributed by atoms with Crippen LogP contribution in [-0.4, -0.2) is 37.8 Å². The lowest BCUT2D eigenvalue weighted by Gasteiger charge is -2.25. The van der Waals surface area contributed by atoms with Gasteiger partial charge in [-0.3, -0.25) is 0 Å². The predicted molar refractivity (Wildman–Crippen MR) is 35.6 cm³/mol. The van der Waals surface area contributed by atoms with Gasteiger partial charge in [0.15, 0.2) is 0 Å². The molecule has 62 valence electrons. The first-order valence-corrected chi connectivity index (χ1v) is 2.90. The molecule has 1 saturated heterocycles. The van der Waals surface area contributed by atoms with Crippen molar-refractivity contribution in [3.8, 4) is 0 Å². The first-order valence-electron chi connectivity index (χ1n) is 2.90. The fraction of sp³-hybridized carbons (Fsp3) is 1.00. The highest BCUT2D eigenvalue weighted by atomic mass is 35.5. The van der Waals surface area contributed by atoms with Crippen molar-refractivity contribution in [1.82, 2.24) is 4.90 Å². The minimum atomic E-state index is -2.31. The van der Waals surface area contributed by atoms with E-state index < -0.39 is 6.55 Å². The first kappa shape index (κ1) is 10.1. The van der Waals surface area contributed by atoms with Crippen LogP contribution in [0.2, 0.25) is 0 Å². The number of halogens is 3. The summed E-state index contributed by atoms with van der Waals surface area (Å²) in [5.74, 6) is 0. The van der Waals surface area contributed by atoms with E-state index in [1.165, 1.54) is 0 Å². The van der Waals surface area contributed by atoms with Crippen molar-refractivity contribution in [2.24, 2.45) is 0 Å². The Bertz CT molecular complexity index is 87.7. The van der Waals surface area contributed by atoms with Crippen molar-refractivity contribution in [2.75, 3.05) is 26.3 Å². The van der Waals surface area contributed by atoms with Crippen LogP contribution in [0.4, 0.5) is 8.78 Å². The van der Waals surface area contributed by atoms with Gasteiger partial charge in [0.2, 0.25) is 0 Å². The van der Waals surface area contributed by atoms with Gasteiger partial charge in [-0.2, -0.15) is 8.78 Å². The van der Waals surface area contributed by atoms with Crippen molar-refractivity contribution in [3.63, 3.8) is 0 Å². The number of rotatable bonds is 1. The minimum absolute atomic E-state index is 0. The highest BCUT2D eigenvalue weighted by Crippen LogP contribution is 2.04.